The summed E-state index contributed by atoms with van der Waals surface area (Å²) in [7, 11) is 0. The molecule has 0 aliphatic heterocycles. The van der Waals surface area contributed by atoms with Gasteiger partial charge in [0.25, 0.3) is 0 Å². The van der Waals surface area contributed by atoms with Crippen molar-refractivity contribution in [3.05, 3.63) is 0 Å². The molecule has 0 radical (unpaired) electrons. The summed E-state index contributed by atoms with van der Waals surface area (Å²) < 4.78 is 14.1. The summed E-state index contributed by atoms with van der Waals surface area (Å²) in [6, 6.07) is 0. The van der Waals surface area contributed by atoms with Crippen molar-refractivity contribution in [1.82, 2.24) is 0 Å². The largest absolute Gasteiger partial charge is 0.210 e. The minimum atomic E-state index is -0.250. The van der Waals surface area contributed by atoms with Crippen molar-refractivity contribution in [3.63, 3.8) is 0 Å². The Bertz CT molecular complexity index is 47.7. The molecular weight excluding hydrogens is 110 g/mol. The highest BCUT2D eigenvalue weighted by Gasteiger charge is 1.56. The minimum absolute atomic E-state index is 0.250. The van der Waals surface area contributed by atoms with E-state index in [2.05, 4.69) is 13.8 Å². The summed E-state index contributed by atoms with van der Waals surface area (Å²) >= 11 is -0.250. The molecule has 0 rings (SSSR count). The van der Waals surface area contributed by atoms with Crippen molar-refractivity contribution >= 4 is 11.5 Å². The van der Waals surface area contributed by atoms with Gasteiger partial charge in [-0.3, -0.25) is 0 Å². The van der Waals surface area contributed by atoms with E-state index in [9.17, 15) is 0 Å². The maximum absolute atomic E-state index is 8.51. The Morgan fingerprint density at radius 1 is 1.43 bits per heavy atom. The molecule has 1 N–H and O–H groups in total. The van der Waals surface area contributed by atoms with E-state index in [-0.39, 0.29) is 11.5 Å². The first kappa shape index (κ1) is 9.94. The summed E-state index contributed by atoms with van der Waals surface area (Å²) in [5.74, 6) is 0. The van der Waals surface area contributed by atoms with E-state index in [1.54, 1.807) is 0 Å². The fourth-order valence-corrected chi connectivity index (χ4v) is 0. The molecule has 0 unspecified atom stereocenters. The van der Waals surface area contributed by atoms with Crippen LogP contribution in [0.15, 0.2) is 0 Å². The van der Waals surface area contributed by atoms with E-state index < -0.39 is 0 Å². The first-order chi connectivity index (χ1) is 3.33. The van der Waals surface area contributed by atoms with E-state index in [1.165, 1.54) is 12.8 Å². The molecular formula is C4H11NOS. The molecule has 0 aromatic rings. The fraction of sp³-hybridized carbons (Fsp3) is 1.00. The maximum atomic E-state index is 8.51. The number of unbranched alkanes of at least 4 members (excludes halogenated alkanes) is 1. The average Bonchev–Trinajstić information content (AvgIpc) is 1.69. The predicted octanol–water partition coefficient (Wildman–Crippen LogP) is 1.77. The summed E-state index contributed by atoms with van der Waals surface area (Å²) in [4.78, 5) is 0. The van der Waals surface area contributed by atoms with Gasteiger partial charge in [0.05, 0.1) is 0 Å². The number of hydrogen-bond donors (Lipinski definition) is 1. The monoisotopic (exact) mass is 121 g/mol. The van der Waals surface area contributed by atoms with Gasteiger partial charge >= 0.3 is 0 Å². The molecule has 0 saturated carbocycles. The second kappa shape index (κ2) is 17.0. The normalized spacial score (nSPS) is 6.00. The van der Waals surface area contributed by atoms with Crippen molar-refractivity contribution in [3.8, 4) is 0 Å². The summed E-state index contributed by atoms with van der Waals surface area (Å²) in [5.41, 5.74) is 0. The number of hydrogen-bond acceptors (Lipinski definition) is 2. The minimum Gasteiger partial charge on any atom is -0.210 e. The van der Waals surface area contributed by atoms with Gasteiger partial charge in [-0.2, -0.15) is 4.21 Å². The molecule has 0 heterocycles. The van der Waals surface area contributed by atoms with Crippen LogP contribution in [0.25, 0.3) is 0 Å². The number of rotatable bonds is 1. The molecule has 0 spiro atoms. The molecule has 3 heteroatoms. The van der Waals surface area contributed by atoms with Crippen LogP contribution in [-0.4, -0.2) is 4.21 Å². The van der Waals surface area contributed by atoms with Gasteiger partial charge in [0.2, 0.25) is 0 Å². The Labute approximate surface area is 48.0 Å². The highest BCUT2D eigenvalue weighted by atomic mass is 32.1. The average molecular weight is 121 g/mol. The van der Waals surface area contributed by atoms with Crippen LogP contribution in [-0.2, 0) is 11.5 Å². The van der Waals surface area contributed by atoms with Gasteiger partial charge in [-0.25, -0.2) is 4.78 Å². The van der Waals surface area contributed by atoms with Crippen LogP contribution in [0.4, 0.5) is 0 Å². The molecule has 2 nitrogen and oxygen atoms in total. The molecule has 0 aromatic carbocycles. The molecule has 44 valence electrons. The van der Waals surface area contributed by atoms with Crippen molar-refractivity contribution < 1.29 is 4.21 Å². The van der Waals surface area contributed by atoms with Crippen LogP contribution < -0.4 is 0 Å². The van der Waals surface area contributed by atoms with Crippen LogP contribution in [0.3, 0.4) is 0 Å². The topological polar surface area (TPSA) is 40.9 Å². The van der Waals surface area contributed by atoms with E-state index in [0.29, 0.717) is 0 Å². The van der Waals surface area contributed by atoms with Crippen LogP contribution in [0.2, 0.25) is 0 Å². The van der Waals surface area contributed by atoms with Gasteiger partial charge in [0.15, 0.2) is 11.5 Å². The van der Waals surface area contributed by atoms with Crippen LogP contribution in [0, 0.1) is 4.78 Å². The quantitative estimate of drug-likeness (QED) is 0.564. The van der Waals surface area contributed by atoms with Gasteiger partial charge in [0, 0.05) is 0 Å². The Morgan fingerprint density at radius 3 is 1.57 bits per heavy atom. The zero-order valence-electron chi connectivity index (χ0n) is 4.73. The SMILES string of the molecule is CCCC.N=S=O. The highest BCUT2D eigenvalue weighted by Crippen LogP contribution is 1.76. The smallest absolute Gasteiger partial charge is 0.196 e. The Morgan fingerprint density at radius 2 is 1.57 bits per heavy atom. The first-order valence-corrected chi connectivity index (χ1v) is 3.03. The third-order valence-electron chi connectivity index (χ3n) is 0.500. The zero-order valence-corrected chi connectivity index (χ0v) is 5.55. The van der Waals surface area contributed by atoms with Gasteiger partial charge < -0.3 is 0 Å². The van der Waals surface area contributed by atoms with Crippen LogP contribution in [0.5, 0.6) is 0 Å². The van der Waals surface area contributed by atoms with Gasteiger partial charge in [-0.15, -0.1) is 0 Å². The van der Waals surface area contributed by atoms with E-state index >= 15 is 0 Å². The molecule has 0 aliphatic rings. The standard InChI is InChI=1S/C4H10.HNOS/c1-3-4-2;1-3-2/h3-4H2,1-2H3;1H. The third kappa shape index (κ3) is 126. The van der Waals surface area contributed by atoms with Crippen LogP contribution >= 0.6 is 0 Å². The molecule has 0 amide bonds. The summed E-state index contributed by atoms with van der Waals surface area (Å²) in [5, 5.41) is 0. The van der Waals surface area contributed by atoms with Crippen LogP contribution in [0.1, 0.15) is 26.7 Å². The van der Waals surface area contributed by atoms with Crippen molar-refractivity contribution in [1.29, 1.82) is 4.78 Å². The molecule has 0 saturated heterocycles. The van der Waals surface area contributed by atoms with E-state index in [4.69, 9.17) is 8.99 Å². The lowest BCUT2D eigenvalue weighted by Crippen LogP contribution is -1.47. The molecule has 0 atom stereocenters. The summed E-state index contributed by atoms with van der Waals surface area (Å²) in [6.45, 7) is 4.36. The second-order valence-electron chi connectivity index (χ2n) is 1.08. The molecule has 0 aliphatic carbocycles. The lowest BCUT2D eigenvalue weighted by molar-refractivity contribution is 0.697. The molecule has 0 bridgehead atoms. The lowest BCUT2D eigenvalue weighted by Gasteiger charge is -1.68. The first-order valence-electron chi connectivity index (χ1n) is 2.29. The molecule has 0 aromatic heterocycles. The Kier molecular flexibility index (Phi) is 24.2. The second-order valence-corrected chi connectivity index (χ2v) is 1.25. The highest BCUT2D eigenvalue weighted by molar-refractivity contribution is 7.53. The summed E-state index contributed by atoms with van der Waals surface area (Å²) in [6.07, 6.45) is 2.64. The number of nitrogens with one attached hydrogen (secondary N) is 1. The van der Waals surface area contributed by atoms with Crippen molar-refractivity contribution in [2.45, 2.75) is 26.7 Å². The van der Waals surface area contributed by atoms with Gasteiger partial charge in [-0.1, -0.05) is 26.7 Å². The fourth-order valence-electron chi connectivity index (χ4n) is 0. The Balaban J connectivity index is 0. The van der Waals surface area contributed by atoms with Crippen molar-refractivity contribution in [2.24, 2.45) is 0 Å². The van der Waals surface area contributed by atoms with Crippen molar-refractivity contribution in [2.75, 3.05) is 0 Å². The van der Waals surface area contributed by atoms with E-state index in [1.807, 2.05) is 0 Å². The molecule has 7 heavy (non-hydrogen) atoms. The van der Waals surface area contributed by atoms with E-state index in [0.717, 1.165) is 0 Å². The predicted molar refractivity (Wildman–Crippen MR) is 31.4 cm³/mol. The van der Waals surface area contributed by atoms with Gasteiger partial charge in [-0.05, 0) is 0 Å². The lowest BCUT2D eigenvalue weighted by atomic mass is 10.4. The molecule has 0 fully saturated rings. The Hall–Kier alpha value is -0.180. The third-order valence-corrected chi connectivity index (χ3v) is 0.500. The zero-order chi connectivity index (χ0) is 6.12. The maximum Gasteiger partial charge on any atom is 0.196 e. The van der Waals surface area contributed by atoms with Gasteiger partial charge in [0.1, 0.15) is 0 Å².